The maximum absolute atomic E-state index is 6.28. The summed E-state index contributed by atoms with van der Waals surface area (Å²) < 4.78 is 35.6. The Kier molecular flexibility index (Phi) is 20.7. The van der Waals surface area contributed by atoms with Crippen molar-refractivity contribution < 1.29 is 28.4 Å². The van der Waals surface area contributed by atoms with Crippen molar-refractivity contribution in [3.63, 3.8) is 0 Å². The van der Waals surface area contributed by atoms with Gasteiger partial charge in [0.25, 0.3) is 11.9 Å². The molecule has 1 rings (SSSR count). The van der Waals surface area contributed by atoms with E-state index in [0.717, 1.165) is 90.4 Å². The van der Waals surface area contributed by atoms with Gasteiger partial charge in [-0.15, -0.1) is 0 Å². The molecule has 12 nitrogen and oxygen atoms in total. The molecular formula is C33H66N6O6. The molecular weight excluding hydrogens is 576 g/mol. The van der Waals surface area contributed by atoms with Crippen LogP contribution in [0.2, 0.25) is 0 Å². The van der Waals surface area contributed by atoms with Gasteiger partial charge < -0.3 is 38.2 Å². The molecule has 0 aliphatic rings. The number of rotatable bonds is 28. The molecule has 1 aromatic rings. The highest BCUT2D eigenvalue weighted by Crippen LogP contribution is 2.35. The maximum atomic E-state index is 6.28. The molecule has 0 amide bonds. The average Bonchev–Trinajstić information content (AvgIpc) is 3.08. The van der Waals surface area contributed by atoms with Gasteiger partial charge in [-0.25, -0.2) is 0 Å². The molecule has 0 aliphatic carbocycles. The number of unbranched alkanes of at least 4 members (excludes halogenated alkanes) is 5. The average molecular weight is 643 g/mol. The Morgan fingerprint density at radius 2 is 0.867 bits per heavy atom. The number of hydrogen-bond acceptors (Lipinski definition) is 12. The molecule has 264 valence electrons. The second kappa shape index (κ2) is 22.7. The molecule has 1 heterocycles. The summed E-state index contributed by atoms with van der Waals surface area (Å²) in [6, 6.07) is 0. The minimum atomic E-state index is -1.45. The van der Waals surface area contributed by atoms with Crippen LogP contribution in [0.25, 0.3) is 0 Å². The Morgan fingerprint density at radius 1 is 0.511 bits per heavy atom. The van der Waals surface area contributed by atoms with E-state index in [1.54, 1.807) is 21.3 Å². The van der Waals surface area contributed by atoms with E-state index in [0.29, 0.717) is 24.4 Å². The molecule has 0 aromatic carbocycles. The SMILES string of the molecule is CCCCN(CCCC)c1nc(N(CCCC)CCCC)nc(N(CCCC)C(OC)(OC)C(CC(OC)(OC)OC)OC)n1. The van der Waals surface area contributed by atoms with E-state index in [2.05, 4.69) is 44.4 Å². The molecule has 0 aliphatic heterocycles. The van der Waals surface area contributed by atoms with E-state index in [9.17, 15) is 0 Å². The Hall–Kier alpha value is -1.83. The van der Waals surface area contributed by atoms with Crippen LogP contribution in [-0.2, 0) is 28.4 Å². The van der Waals surface area contributed by atoms with E-state index < -0.39 is 18.0 Å². The second-order valence-electron chi connectivity index (χ2n) is 11.4. The highest BCUT2D eigenvalue weighted by Gasteiger charge is 2.52. The number of ether oxygens (including phenoxy) is 6. The van der Waals surface area contributed by atoms with Crippen molar-refractivity contribution >= 4 is 17.8 Å². The number of hydrogen-bond donors (Lipinski definition) is 0. The molecule has 0 bridgehead atoms. The minimum Gasteiger partial charge on any atom is -0.373 e. The van der Waals surface area contributed by atoms with Gasteiger partial charge in [0.2, 0.25) is 17.8 Å². The molecule has 0 saturated heterocycles. The fourth-order valence-corrected chi connectivity index (χ4v) is 5.31. The van der Waals surface area contributed by atoms with Crippen LogP contribution in [0.3, 0.4) is 0 Å². The summed E-state index contributed by atoms with van der Waals surface area (Å²) >= 11 is 0. The zero-order valence-corrected chi connectivity index (χ0v) is 30.5. The third-order valence-electron chi connectivity index (χ3n) is 8.29. The summed E-state index contributed by atoms with van der Waals surface area (Å²) in [4.78, 5) is 22.0. The first-order valence-corrected chi connectivity index (χ1v) is 17.1. The molecule has 1 atom stereocenters. The lowest BCUT2D eigenvalue weighted by Crippen LogP contribution is -2.63. The van der Waals surface area contributed by atoms with Gasteiger partial charge in [0.1, 0.15) is 6.10 Å². The van der Waals surface area contributed by atoms with Gasteiger partial charge in [-0.2, -0.15) is 15.0 Å². The molecule has 1 unspecified atom stereocenters. The molecule has 0 radical (unpaired) electrons. The Balaban J connectivity index is 4.03. The van der Waals surface area contributed by atoms with Crippen LogP contribution in [0.1, 0.15) is 105 Å². The molecule has 0 N–H and O–H groups in total. The van der Waals surface area contributed by atoms with E-state index in [1.807, 2.05) is 4.90 Å². The lowest BCUT2D eigenvalue weighted by molar-refractivity contribution is -0.377. The van der Waals surface area contributed by atoms with Crippen LogP contribution in [0.15, 0.2) is 0 Å². The predicted molar refractivity (Wildman–Crippen MR) is 182 cm³/mol. The smallest absolute Gasteiger partial charge is 0.284 e. The van der Waals surface area contributed by atoms with E-state index in [4.69, 9.17) is 43.4 Å². The van der Waals surface area contributed by atoms with Crippen LogP contribution in [0, 0.1) is 0 Å². The topological polar surface area (TPSA) is 104 Å². The Bertz CT molecular complexity index is 827. The Labute approximate surface area is 274 Å². The normalized spacial score (nSPS) is 12.9. The van der Waals surface area contributed by atoms with Crippen LogP contribution in [0.4, 0.5) is 17.8 Å². The molecule has 0 saturated carbocycles. The largest absolute Gasteiger partial charge is 0.373 e. The van der Waals surface area contributed by atoms with Crippen LogP contribution in [-0.4, -0.2) is 108 Å². The summed E-state index contributed by atoms with van der Waals surface area (Å²) in [6.45, 7) is 15.0. The molecule has 0 spiro atoms. The van der Waals surface area contributed by atoms with Crippen molar-refractivity contribution in [2.24, 2.45) is 0 Å². The predicted octanol–water partition coefficient (Wildman–Crippen LogP) is 6.24. The third kappa shape index (κ3) is 11.7. The zero-order valence-electron chi connectivity index (χ0n) is 30.5. The first kappa shape index (κ1) is 41.2. The number of anilines is 3. The lowest BCUT2D eigenvalue weighted by atomic mass is 10.1. The molecule has 45 heavy (non-hydrogen) atoms. The molecule has 12 heteroatoms. The van der Waals surface area contributed by atoms with E-state index in [-0.39, 0.29) is 6.42 Å². The third-order valence-corrected chi connectivity index (χ3v) is 8.29. The highest BCUT2D eigenvalue weighted by molar-refractivity contribution is 5.48. The zero-order chi connectivity index (χ0) is 33.7. The first-order valence-electron chi connectivity index (χ1n) is 17.1. The van der Waals surface area contributed by atoms with E-state index in [1.165, 1.54) is 21.3 Å². The summed E-state index contributed by atoms with van der Waals surface area (Å²) in [7, 11) is 9.42. The number of methoxy groups -OCH3 is 6. The van der Waals surface area contributed by atoms with Crippen LogP contribution >= 0.6 is 0 Å². The fourth-order valence-electron chi connectivity index (χ4n) is 5.31. The van der Waals surface area contributed by atoms with Gasteiger partial charge >= 0.3 is 0 Å². The van der Waals surface area contributed by atoms with Gasteiger partial charge in [0.15, 0.2) is 0 Å². The van der Waals surface area contributed by atoms with Gasteiger partial charge in [-0.1, -0.05) is 66.7 Å². The fraction of sp³-hybridized carbons (Fsp3) is 0.909. The minimum absolute atomic E-state index is 0.139. The van der Waals surface area contributed by atoms with Crippen molar-refractivity contribution in [2.75, 3.05) is 90.1 Å². The Morgan fingerprint density at radius 3 is 1.18 bits per heavy atom. The van der Waals surface area contributed by atoms with Gasteiger partial charge in [-0.3, -0.25) is 4.90 Å². The summed E-state index contributed by atoms with van der Waals surface area (Å²) in [5.74, 6) is -1.01. The summed E-state index contributed by atoms with van der Waals surface area (Å²) in [5, 5.41) is 0. The van der Waals surface area contributed by atoms with Gasteiger partial charge in [0, 0.05) is 75.4 Å². The van der Waals surface area contributed by atoms with Crippen molar-refractivity contribution in [3.05, 3.63) is 0 Å². The second-order valence-corrected chi connectivity index (χ2v) is 11.4. The van der Waals surface area contributed by atoms with E-state index >= 15 is 0 Å². The van der Waals surface area contributed by atoms with Crippen LogP contribution in [0.5, 0.6) is 0 Å². The van der Waals surface area contributed by atoms with Crippen LogP contribution < -0.4 is 14.7 Å². The van der Waals surface area contributed by atoms with Gasteiger partial charge in [-0.05, 0) is 32.1 Å². The lowest BCUT2D eigenvalue weighted by Gasteiger charge is -2.46. The van der Waals surface area contributed by atoms with Crippen molar-refractivity contribution in [3.8, 4) is 0 Å². The molecule has 1 aromatic heterocycles. The van der Waals surface area contributed by atoms with Gasteiger partial charge in [0.05, 0.1) is 6.42 Å². The standard InChI is InChI=1S/C33H66N6O6/c1-12-17-22-37(23-18-13-2)29-34-30(38(24-19-14-3)25-20-15-4)36-31(35-29)39(26-21-16-5)33(44-10,45-11)28(40-6)27-32(41-7,42-8)43-9/h28H,12-27H2,1-11H3. The monoisotopic (exact) mass is 643 g/mol. The van der Waals surface area contributed by atoms with Crippen molar-refractivity contribution in [1.82, 2.24) is 15.0 Å². The van der Waals surface area contributed by atoms with Crippen molar-refractivity contribution in [1.29, 1.82) is 0 Å². The summed E-state index contributed by atoms with van der Waals surface area (Å²) in [5.41, 5.74) is 0. The summed E-state index contributed by atoms with van der Waals surface area (Å²) in [6.07, 6.45) is 9.73. The number of aromatic nitrogens is 3. The van der Waals surface area contributed by atoms with Crippen molar-refractivity contribution in [2.45, 2.75) is 123 Å². The first-order chi connectivity index (χ1) is 21.8. The highest BCUT2D eigenvalue weighted by atomic mass is 16.9. The molecule has 0 fully saturated rings. The quantitative estimate of drug-likeness (QED) is 0.0967. The number of nitrogens with zero attached hydrogens (tertiary/aromatic N) is 6. The maximum Gasteiger partial charge on any atom is 0.284 e.